The second-order valence-corrected chi connectivity index (χ2v) is 7.47. The van der Waals surface area contributed by atoms with Gasteiger partial charge in [0.25, 0.3) is 5.91 Å². The van der Waals surface area contributed by atoms with Crippen molar-refractivity contribution >= 4 is 33.7 Å². The van der Waals surface area contributed by atoms with Gasteiger partial charge in [0, 0.05) is 26.1 Å². The summed E-state index contributed by atoms with van der Waals surface area (Å²) in [7, 11) is 0. The summed E-state index contributed by atoms with van der Waals surface area (Å²) in [5, 5.41) is 13.8. The van der Waals surface area contributed by atoms with Crippen LogP contribution in [0, 0.1) is 13.8 Å². The maximum atomic E-state index is 12.3. The van der Waals surface area contributed by atoms with E-state index in [1.807, 2.05) is 13.8 Å². The average molecular weight is 353 g/mol. The third-order valence-electron chi connectivity index (χ3n) is 3.47. The van der Waals surface area contributed by atoms with Gasteiger partial charge < -0.3 is 15.0 Å². The summed E-state index contributed by atoms with van der Waals surface area (Å²) >= 11 is 3.01. The van der Waals surface area contributed by atoms with Gasteiger partial charge in [0.15, 0.2) is 5.13 Å². The van der Waals surface area contributed by atoms with Crippen molar-refractivity contribution < 1.29 is 9.53 Å². The second-order valence-electron chi connectivity index (χ2n) is 5.23. The zero-order valence-electron chi connectivity index (χ0n) is 13.2. The number of carbonyl (C=O) groups is 1. The van der Waals surface area contributed by atoms with Crippen LogP contribution in [0.15, 0.2) is 0 Å². The molecule has 0 bridgehead atoms. The summed E-state index contributed by atoms with van der Waals surface area (Å²) in [5.74, 6) is -0.0688. The third-order valence-corrected chi connectivity index (χ3v) is 5.58. The van der Waals surface area contributed by atoms with Crippen molar-refractivity contribution in [3.05, 3.63) is 20.6 Å². The van der Waals surface area contributed by atoms with E-state index in [1.54, 1.807) is 11.3 Å². The Balaban J connectivity index is 1.57. The molecular weight excluding hydrogens is 334 g/mol. The molecule has 0 aliphatic carbocycles. The molecule has 0 aromatic carbocycles. The van der Waals surface area contributed by atoms with Crippen molar-refractivity contribution in [2.24, 2.45) is 0 Å². The highest BCUT2D eigenvalue weighted by Crippen LogP contribution is 2.26. The summed E-state index contributed by atoms with van der Waals surface area (Å²) in [6, 6.07) is 0. The Morgan fingerprint density at radius 3 is 2.74 bits per heavy atom. The molecule has 3 heterocycles. The molecule has 0 atom stereocenters. The molecule has 1 aliphatic rings. The van der Waals surface area contributed by atoms with E-state index in [0.29, 0.717) is 31.1 Å². The van der Waals surface area contributed by atoms with Crippen molar-refractivity contribution in [1.29, 1.82) is 0 Å². The molecule has 1 aliphatic heterocycles. The standard InChI is InChI=1S/C14H19N5O2S2/c1-9-12(23-14(16-9)19-5-7-21-8-6-19)13(20)15-4-3-11-18-17-10(2)22-11/h3-8H2,1-2H3,(H,15,20). The van der Waals surface area contributed by atoms with Crippen molar-refractivity contribution in [2.75, 3.05) is 37.7 Å². The van der Waals surface area contributed by atoms with E-state index >= 15 is 0 Å². The monoisotopic (exact) mass is 353 g/mol. The number of carbonyl (C=O) groups excluding carboxylic acids is 1. The van der Waals surface area contributed by atoms with Crippen LogP contribution in [0.5, 0.6) is 0 Å². The van der Waals surface area contributed by atoms with Crippen molar-refractivity contribution in [3.63, 3.8) is 0 Å². The van der Waals surface area contributed by atoms with E-state index < -0.39 is 0 Å². The van der Waals surface area contributed by atoms with Crippen LogP contribution in [-0.2, 0) is 11.2 Å². The Hall–Kier alpha value is -1.58. The summed E-state index contributed by atoms with van der Waals surface area (Å²) in [4.78, 5) is 19.7. The predicted octanol–water partition coefficient (Wildman–Crippen LogP) is 1.42. The zero-order valence-corrected chi connectivity index (χ0v) is 14.8. The summed E-state index contributed by atoms with van der Waals surface area (Å²) < 4.78 is 5.35. The number of aromatic nitrogens is 3. The molecule has 1 fully saturated rings. The van der Waals surface area contributed by atoms with Gasteiger partial charge in [-0.05, 0) is 13.8 Å². The number of morpholine rings is 1. The summed E-state index contributed by atoms with van der Waals surface area (Å²) in [6.45, 7) is 7.42. The lowest BCUT2D eigenvalue weighted by Gasteiger charge is -2.25. The molecule has 23 heavy (non-hydrogen) atoms. The summed E-state index contributed by atoms with van der Waals surface area (Å²) in [6.07, 6.45) is 0.700. The number of ether oxygens (including phenoxy) is 1. The van der Waals surface area contributed by atoms with Gasteiger partial charge in [0.1, 0.15) is 14.9 Å². The minimum atomic E-state index is -0.0688. The number of anilines is 1. The first-order valence-corrected chi connectivity index (χ1v) is 9.14. The normalized spacial score (nSPS) is 15.0. The minimum absolute atomic E-state index is 0.0688. The molecule has 1 N–H and O–H groups in total. The van der Waals surface area contributed by atoms with E-state index in [0.717, 1.165) is 33.9 Å². The van der Waals surface area contributed by atoms with Crippen LogP contribution in [-0.4, -0.2) is 53.9 Å². The molecule has 2 aromatic rings. The van der Waals surface area contributed by atoms with Gasteiger partial charge in [-0.15, -0.1) is 21.5 Å². The first-order chi connectivity index (χ1) is 11.1. The van der Waals surface area contributed by atoms with E-state index in [1.165, 1.54) is 11.3 Å². The third kappa shape index (κ3) is 4.04. The van der Waals surface area contributed by atoms with Gasteiger partial charge in [0.2, 0.25) is 0 Å². The Labute approximate surface area is 142 Å². The van der Waals surface area contributed by atoms with Gasteiger partial charge in [0.05, 0.1) is 18.9 Å². The van der Waals surface area contributed by atoms with E-state index in [-0.39, 0.29) is 5.91 Å². The van der Waals surface area contributed by atoms with Crippen LogP contribution in [0.2, 0.25) is 0 Å². The van der Waals surface area contributed by atoms with E-state index in [4.69, 9.17) is 4.74 Å². The first kappa shape index (κ1) is 16.3. The predicted molar refractivity (Wildman–Crippen MR) is 90.6 cm³/mol. The number of aryl methyl sites for hydroxylation is 2. The topological polar surface area (TPSA) is 80.2 Å². The van der Waals surface area contributed by atoms with Crippen LogP contribution in [0.3, 0.4) is 0 Å². The van der Waals surface area contributed by atoms with Gasteiger partial charge >= 0.3 is 0 Å². The van der Waals surface area contributed by atoms with Gasteiger partial charge in [-0.25, -0.2) is 4.98 Å². The molecule has 1 saturated heterocycles. The maximum absolute atomic E-state index is 12.3. The molecule has 9 heteroatoms. The Kier molecular flexibility index (Phi) is 5.19. The van der Waals surface area contributed by atoms with Crippen LogP contribution in [0.1, 0.15) is 25.4 Å². The first-order valence-electron chi connectivity index (χ1n) is 7.51. The number of nitrogens with zero attached hydrogens (tertiary/aromatic N) is 4. The van der Waals surface area contributed by atoms with E-state index in [2.05, 4.69) is 25.4 Å². The fourth-order valence-electron chi connectivity index (χ4n) is 2.28. The maximum Gasteiger partial charge on any atom is 0.263 e. The lowest BCUT2D eigenvalue weighted by atomic mass is 10.3. The number of amides is 1. The van der Waals surface area contributed by atoms with Crippen LogP contribution >= 0.6 is 22.7 Å². The molecule has 124 valence electrons. The van der Waals surface area contributed by atoms with Gasteiger partial charge in [-0.1, -0.05) is 11.3 Å². The van der Waals surface area contributed by atoms with E-state index in [9.17, 15) is 4.79 Å². The van der Waals surface area contributed by atoms with Crippen LogP contribution < -0.4 is 10.2 Å². The molecule has 1 amide bonds. The molecular formula is C14H19N5O2S2. The molecule has 2 aromatic heterocycles. The number of hydrogen-bond donors (Lipinski definition) is 1. The fourth-order valence-corrected chi connectivity index (χ4v) is 4.03. The number of nitrogens with one attached hydrogen (secondary N) is 1. The fraction of sp³-hybridized carbons (Fsp3) is 0.571. The minimum Gasteiger partial charge on any atom is -0.378 e. The molecule has 0 spiro atoms. The number of rotatable bonds is 5. The largest absolute Gasteiger partial charge is 0.378 e. The van der Waals surface area contributed by atoms with Crippen LogP contribution in [0.25, 0.3) is 0 Å². The highest BCUT2D eigenvalue weighted by atomic mass is 32.1. The molecule has 0 saturated carbocycles. The Bertz CT molecular complexity index is 679. The Morgan fingerprint density at radius 2 is 2.04 bits per heavy atom. The van der Waals surface area contributed by atoms with Crippen molar-refractivity contribution in [3.8, 4) is 0 Å². The van der Waals surface area contributed by atoms with Gasteiger partial charge in [-0.3, -0.25) is 4.79 Å². The second kappa shape index (κ2) is 7.33. The molecule has 7 nitrogen and oxygen atoms in total. The van der Waals surface area contributed by atoms with Crippen molar-refractivity contribution in [2.45, 2.75) is 20.3 Å². The molecule has 3 rings (SSSR count). The lowest BCUT2D eigenvalue weighted by Crippen LogP contribution is -2.36. The SMILES string of the molecule is Cc1nnc(CCNC(=O)c2sc(N3CCOCC3)nc2C)s1. The molecule has 0 radical (unpaired) electrons. The smallest absolute Gasteiger partial charge is 0.263 e. The number of thiazole rings is 1. The van der Waals surface area contributed by atoms with Gasteiger partial charge in [-0.2, -0.15) is 0 Å². The summed E-state index contributed by atoms with van der Waals surface area (Å²) in [5.41, 5.74) is 0.778. The number of hydrogen-bond acceptors (Lipinski definition) is 8. The Morgan fingerprint density at radius 1 is 1.26 bits per heavy atom. The van der Waals surface area contributed by atoms with Crippen LogP contribution in [0.4, 0.5) is 5.13 Å². The highest BCUT2D eigenvalue weighted by Gasteiger charge is 2.20. The quantitative estimate of drug-likeness (QED) is 0.876. The zero-order chi connectivity index (χ0) is 16.2. The molecule has 0 unspecified atom stereocenters. The average Bonchev–Trinajstić information content (AvgIpc) is 3.14. The van der Waals surface area contributed by atoms with Crippen molar-refractivity contribution in [1.82, 2.24) is 20.5 Å². The highest BCUT2D eigenvalue weighted by molar-refractivity contribution is 7.17. The lowest BCUT2D eigenvalue weighted by molar-refractivity contribution is 0.0957.